The van der Waals surface area contributed by atoms with Gasteiger partial charge in [-0.1, -0.05) is 32.9 Å². The summed E-state index contributed by atoms with van der Waals surface area (Å²) in [6.07, 6.45) is 1.24. The van der Waals surface area contributed by atoms with E-state index in [4.69, 9.17) is 5.73 Å². The molecular weight excluding hydrogens is 220 g/mol. The lowest BCUT2D eigenvalue weighted by atomic mass is 9.97. The lowest BCUT2D eigenvalue weighted by molar-refractivity contribution is 0.311. The Morgan fingerprint density at radius 1 is 1.17 bits per heavy atom. The fourth-order valence-electron chi connectivity index (χ4n) is 2.80. The van der Waals surface area contributed by atoms with E-state index in [-0.39, 0.29) is 0 Å². The maximum absolute atomic E-state index is 5.72. The monoisotopic (exact) mass is 246 g/mol. The topological polar surface area (TPSA) is 29.3 Å². The van der Waals surface area contributed by atoms with Crippen molar-refractivity contribution in [2.75, 3.05) is 25.4 Å². The number of hydrogen-bond acceptors (Lipinski definition) is 2. The van der Waals surface area contributed by atoms with Gasteiger partial charge in [-0.3, -0.25) is 0 Å². The van der Waals surface area contributed by atoms with Gasteiger partial charge >= 0.3 is 0 Å². The number of hydrogen-bond donors (Lipinski definition) is 1. The summed E-state index contributed by atoms with van der Waals surface area (Å²) < 4.78 is 0. The van der Waals surface area contributed by atoms with Crippen molar-refractivity contribution in [3.05, 3.63) is 29.8 Å². The molecule has 18 heavy (non-hydrogen) atoms. The van der Waals surface area contributed by atoms with Crippen LogP contribution in [0.3, 0.4) is 0 Å². The van der Waals surface area contributed by atoms with Gasteiger partial charge in [-0.15, -0.1) is 0 Å². The van der Waals surface area contributed by atoms with Crippen molar-refractivity contribution in [3.8, 4) is 0 Å². The van der Waals surface area contributed by atoms with Crippen LogP contribution < -0.4 is 5.73 Å². The van der Waals surface area contributed by atoms with Gasteiger partial charge in [-0.2, -0.15) is 0 Å². The Morgan fingerprint density at radius 2 is 1.72 bits per heavy atom. The van der Waals surface area contributed by atoms with Gasteiger partial charge in [0.2, 0.25) is 0 Å². The summed E-state index contributed by atoms with van der Waals surface area (Å²) in [6.45, 7) is 10.8. The van der Waals surface area contributed by atoms with Crippen LogP contribution >= 0.6 is 0 Å². The van der Waals surface area contributed by atoms with Crippen molar-refractivity contribution in [1.29, 1.82) is 0 Å². The normalized spacial score (nSPS) is 26.4. The number of nitrogens with zero attached hydrogens (tertiary/aromatic N) is 1. The number of likely N-dealkylation sites (tertiary alicyclic amines) is 1. The molecule has 1 fully saturated rings. The van der Waals surface area contributed by atoms with E-state index in [1.54, 1.807) is 0 Å². The number of anilines is 1. The van der Waals surface area contributed by atoms with Gasteiger partial charge < -0.3 is 10.6 Å². The minimum Gasteiger partial charge on any atom is -0.399 e. The van der Waals surface area contributed by atoms with E-state index in [1.165, 1.54) is 31.6 Å². The van der Waals surface area contributed by atoms with Gasteiger partial charge in [0.25, 0.3) is 0 Å². The quantitative estimate of drug-likeness (QED) is 0.826. The van der Waals surface area contributed by atoms with Crippen molar-refractivity contribution in [3.63, 3.8) is 0 Å². The van der Waals surface area contributed by atoms with E-state index in [0.717, 1.165) is 17.5 Å². The molecule has 0 aromatic heterocycles. The van der Waals surface area contributed by atoms with Gasteiger partial charge in [-0.25, -0.2) is 0 Å². The highest BCUT2D eigenvalue weighted by Gasteiger charge is 2.25. The van der Waals surface area contributed by atoms with Gasteiger partial charge in [-0.05, 0) is 48.4 Å². The van der Waals surface area contributed by atoms with Crippen molar-refractivity contribution in [2.45, 2.75) is 33.1 Å². The van der Waals surface area contributed by atoms with Crippen molar-refractivity contribution < 1.29 is 0 Å². The van der Waals surface area contributed by atoms with E-state index in [9.17, 15) is 0 Å². The predicted octanol–water partition coefficient (Wildman–Crippen LogP) is 3.35. The summed E-state index contributed by atoms with van der Waals surface area (Å²) in [5.41, 5.74) is 7.98. The molecule has 0 aliphatic carbocycles. The maximum atomic E-state index is 5.72. The predicted molar refractivity (Wildman–Crippen MR) is 78.7 cm³/mol. The molecule has 1 aliphatic heterocycles. The van der Waals surface area contributed by atoms with Crippen LogP contribution in [0.1, 0.15) is 38.7 Å². The lowest BCUT2D eigenvalue weighted by Crippen LogP contribution is -2.23. The van der Waals surface area contributed by atoms with Crippen molar-refractivity contribution in [1.82, 2.24) is 4.90 Å². The van der Waals surface area contributed by atoms with Crippen LogP contribution in [0.2, 0.25) is 0 Å². The summed E-state index contributed by atoms with van der Waals surface area (Å²) in [5.74, 6) is 2.34. The first-order valence-electron chi connectivity index (χ1n) is 7.14. The molecule has 2 rings (SSSR count). The van der Waals surface area contributed by atoms with Gasteiger partial charge in [0, 0.05) is 18.8 Å². The van der Waals surface area contributed by atoms with Crippen molar-refractivity contribution in [2.24, 2.45) is 11.8 Å². The van der Waals surface area contributed by atoms with E-state index in [2.05, 4.69) is 37.8 Å². The molecule has 2 heteroatoms. The van der Waals surface area contributed by atoms with Crippen LogP contribution in [0.4, 0.5) is 5.69 Å². The highest BCUT2D eigenvalue weighted by Crippen LogP contribution is 2.25. The first kappa shape index (κ1) is 13.4. The summed E-state index contributed by atoms with van der Waals surface area (Å²) in [7, 11) is 0. The molecule has 0 radical (unpaired) electrons. The molecule has 2 N–H and O–H groups in total. The lowest BCUT2D eigenvalue weighted by Gasteiger charge is -2.19. The summed E-state index contributed by atoms with van der Waals surface area (Å²) in [6, 6.07) is 8.34. The van der Waals surface area contributed by atoms with E-state index >= 15 is 0 Å². The van der Waals surface area contributed by atoms with Gasteiger partial charge in [0.05, 0.1) is 0 Å². The zero-order valence-corrected chi connectivity index (χ0v) is 11.9. The Morgan fingerprint density at radius 3 is 2.28 bits per heavy atom. The fourth-order valence-corrected chi connectivity index (χ4v) is 2.80. The Bertz CT molecular complexity index is 361. The Balaban J connectivity index is 1.81. The second-order valence-corrected chi connectivity index (χ2v) is 6.07. The molecule has 0 saturated carbocycles. The van der Waals surface area contributed by atoms with Crippen LogP contribution in [0.25, 0.3) is 0 Å². The third-order valence-corrected chi connectivity index (χ3v) is 4.45. The molecule has 0 bridgehead atoms. The number of benzene rings is 1. The maximum Gasteiger partial charge on any atom is 0.0314 e. The highest BCUT2D eigenvalue weighted by atomic mass is 15.1. The zero-order valence-electron chi connectivity index (χ0n) is 11.9. The summed E-state index contributed by atoms with van der Waals surface area (Å²) >= 11 is 0. The van der Waals surface area contributed by atoms with Crippen molar-refractivity contribution >= 4 is 5.69 Å². The highest BCUT2D eigenvalue weighted by molar-refractivity contribution is 5.40. The van der Waals surface area contributed by atoms with E-state index in [0.29, 0.717) is 5.92 Å². The van der Waals surface area contributed by atoms with Crippen LogP contribution in [-0.4, -0.2) is 24.5 Å². The molecule has 0 amide bonds. The minimum atomic E-state index is 0.622. The Labute approximate surface area is 111 Å². The van der Waals surface area contributed by atoms with Crippen LogP contribution in [0, 0.1) is 11.8 Å². The van der Waals surface area contributed by atoms with Crippen LogP contribution in [0.5, 0.6) is 0 Å². The zero-order chi connectivity index (χ0) is 13.1. The third kappa shape index (κ3) is 3.26. The molecule has 1 aromatic rings. The largest absolute Gasteiger partial charge is 0.399 e. The molecule has 3 unspecified atom stereocenters. The average Bonchev–Trinajstić information content (AvgIpc) is 2.67. The summed E-state index contributed by atoms with van der Waals surface area (Å²) in [4.78, 5) is 2.61. The standard InChI is InChI=1S/C16H26N2/c1-12(15-4-6-16(17)7-5-15)8-9-18-10-13(2)14(3)11-18/h4-7,12-14H,8-11,17H2,1-3H3. The number of nitrogen functional groups attached to an aromatic ring is 1. The third-order valence-electron chi connectivity index (χ3n) is 4.45. The minimum absolute atomic E-state index is 0.622. The second-order valence-electron chi connectivity index (χ2n) is 6.07. The molecule has 1 aliphatic rings. The van der Waals surface area contributed by atoms with Gasteiger partial charge in [0.1, 0.15) is 0 Å². The van der Waals surface area contributed by atoms with Crippen LogP contribution in [0.15, 0.2) is 24.3 Å². The van der Waals surface area contributed by atoms with Crippen LogP contribution in [-0.2, 0) is 0 Å². The molecule has 0 spiro atoms. The smallest absolute Gasteiger partial charge is 0.0314 e. The second kappa shape index (κ2) is 5.75. The summed E-state index contributed by atoms with van der Waals surface area (Å²) in [5, 5.41) is 0. The molecule has 1 heterocycles. The fraction of sp³-hybridized carbons (Fsp3) is 0.625. The first-order chi connectivity index (χ1) is 8.56. The van der Waals surface area contributed by atoms with Gasteiger partial charge in [0.15, 0.2) is 0 Å². The van der Waals surface area contributed by atoms with E-state index in [1.807, 2.05) is 12.1 Å². The Hall–Kier alpha value is -1.02. The average molecular weight is 246 g/mol. The number of rotatable bonds is 4. The Kier molecular flexibility index (Phi) is 4.28. The SMILES string of the molecule is CC(CCN1CC(C)C(C)C1)c1ccc(N)cc1. The number of nitrogens with two attached hydrogens (primary N) is 1. The molecule has 3 atom stereocenters. The molecule has 1 aromatic carbocycles. The molecule has 2 nitrogen and oxygen atoms in total. The van der Waals surface area contributed by atoms with E-state index < -0.39 is 0 Å². The molecular formula is C16H26N2. The first-order valence-corrected chi connectivity index (χ1v) is 7.14. The molecule has 100 valence electrons. The molecule has 1 saturated heterocycles.